The Morgan fingerprint density at radius 3 is 2.80 bits per heavy atom. The SMILES string of the molecule is CC(C)CN1C(=O)c2ccccc2C[C@H]1/C(C=N)=C/N. The molecule has 0 spiro atoms. The maximum absolute atomic E-state index is 12.7. The summed E-state index contributed by atoms with van der Waals surface area (Å²) in [7, 11) is 0. The van der Waals surface area contributed by atoms with Crippen molar-refractivity contribution in [1.29, 1.82) is 5.41 Å². The summed E-state index contributed by atoms with van der Waals surface area (Å²) < 4.78 is 0. The highest BCUT2D eigenvalue weighted by Crippen LogP contribution is 2.27. The number of nitrogens with two attached hydrogens (primary N) is 1. The van der Waals surface area contributed by atoms with Crippen molar-refractivity contribution < 1.29 is 4.79 Å². The lowest BCUT2D eigenvalue weighted by atomic mass is 9.89. The van der Waals surface area contributed by atoms with Gasteiger partial charge in [0.1, 0.15) is 0 Å². The first-order valence-electron chi connectivity index (χ1n) is 6.89. The van der Waals surface area contributed by atoms with Crippen LogP contribution in [0.1, 0.15) is 29.8 Å². The molecule has 3 N–H and O–H groups in total. The Hall–Kier alpha value is -2.10. The van der Waals surface area contributed by atoms with Crippen molar-refractivity contribution in [3.8, 4) is 0 Å². The van der Waals surface area contributed by atoms with Crippen LogP contribution in [0.3, 0.4) is 0 Å². The van der Waals surface area contributed by atoms with Gasteiger partial charge >= 0.3 is 0 Å². The molecule has 0 saturated carbocycles. The molecule has 1 aromatic rings. The minimum absolute atomic E-state index is 0.0340. The van der Waals surface area contributed by atoms with Crippen molar-refractivity contribution in [1.82, 2.24) is 4.90 Å². The molecule has 1 aromatic carbocycles. The number of hydrogen-bond donors (Lipinski definition) is 2. The summed E-state index contributed by atoms with van der Waals surface area (Å²) in [6.45, 7) is 4.84. The molecule has 106 valence electrons. The zero-order valence-electron chi connectivity index (χ0n) is 12.0. The molecule has 0 bridgehead atoms. The number of hydrogen-bond acceptors (Lipinski definition) is 3. The summed E-state index contributed by atoms with van der Waals surface area (Å²) in [6.07, 6.45) is 3.40. The molecule has 0 fully saturated rings. The molecular formula is C16H21N3O. The van der Waals surface area contributed by atoms with Crippen molar-refractivity contribution >= 4 is 12.1 Å². The molecular weight excluding hydrogens is 250 g/mol. The second-order valence-electron chi connectivity index (χ2n) is 5.54. The molecule has 1 atom stereocenters. The molecule has 1 aliphatic heterocycles. The fraction of sp³-hybridized carbons (Fsp3) is 0.375. The van der Waals surface area contributed by atoms with E-state index in [0.717, 1.165) is 11.1 Å². The van der Waals surface area contributed by atoms with Gasteiger partial charge in [-0.25, -0.2) is 0 Å². The van der Waals surface area contributed by atoms with Gasteiger partial charge in [-0.15, -0.1) is 0 Å². The zero-order chi connectivity index (χ0) is 14.7. The first-order chi connectivity index (χ1) is 9.58. The van der Waals surface area contributed by atoms with Crippen LogP contribution in [0.2, 0.25) is 0 Å². The van der Waals surface area contributed by atoms with E-state index >= 15 is 0 Å². The Labute approximate surface area is 119 Å². The number of fused-ring (bicyclic) bond motifs is 1. The van der Waals surface area contributed by atoms with Gasteiger partial charge in [0, 0.05) is 30.1 Å². The monoisotopic (exact) mass is 271 g/mol. The molecule has 1 amide bonds. The summed E-state index contributed by atoms with van der Waals surface area (Å²) in [4.78, 5) is 14.5. The maximum Gasteiger partial charge on any atom is 0.254 e. The standard InChI is InChI=1S/C16H21N3O/c1-11(2)10-19-15(13(8-17)9-18)7-12-5-3-4-6-14(12)16(19)20/h3-6,8-9,11,15,17H,7,10,18H2,1-2H3/b13-9+,17-8?/t15-/m0/s1. The van der Waals surface area contributed by atoms with E-state index in [-0.39, 0.29) is 11.9 Å². The Morgan fingerprint density at radius 1 is 1.50 bits per heavy atom. The average molecular weight is 271 g/mol. The predicted molar refractivity (Wildman–Crippen MR) is 80.9 cm³/mol. The van der Waals surface area contributed by atoms with Gasteiger partial charge in [0.05, 0.1) is 6.04 Å². The highest BCUT2D eigenvalue weighted by molar-refractivity contribution is 5.98. The molecule has 20 heavy (non-hydrogen) atoms. The predicted octanol–water partition coefficient (Wildman–Crippen LogP) is 2.20. The van der Waals surface area contributed by atoms with E-state index in [1.54, 1.807) is 0 Å². The highest BCUT2D eigenvalue weighted by Gasteiger charge is 2.33. The molecule has 0 saturated heterocycles. The van der Waals surface area contributed by atoms with Crippen molar-refractivity contribution in [3.05, 3.63) is 47.2 Å². The first-order valence-corrected chi connectivity index (χ1v) is 6.89. The molecule has 1 aliphatic rings. The molecule has 0 unspecified atom stereocenters. The molecule has 0 radical (unpaired) electrons. The van der Waals surface area contributed by atoms with E-state index in [1.807, 2.05) is 29.2 Å². The molecule has 0 aromatic heterocycles. The number of carbonyl (C=O) groups excluding carboxylic acids is 1. The summed E-state index contributed by atoms with van der Waals surface area (Å²) in [5.41, 5.74) is 8.11. The quantitative estimate of drug-likeness (QED) is 0.824. The minimum atomic E-state index is -0.137. The van der Waals surface area contributed by atoms with Crippen LogP contribution in [0, 0.1) is 11.3 Å². The van der Waals surface area contributed by atoms with Crippen LogP contribution in [0.25, 0.3) is 0 Å². The van der Waals surface area contributed by atoms with Gasteiger partial charge in [0.25, 0.3) is 5.91 Å². The fourth-order valence-electron chi connectivity index (χ4n) is 2.68. The highest BCUT2D eigenvalue weighted by atomic mass is 16.2. The van der Waals surface area contributed by atoms with Gasteiger partial charge in [0.15, 0.2) is 0 Å². The number of nitrogens with one attached hydrogen (secondary N) is 1. The first kappa shape index (κ1) is 14.3. The van der Waals surface area contributed by atoms with Gasteiger partial charge in [-0.2, -0.15) is 0 Å². The van der Waals surface area contributed by atoms with Crippen molar-refractivity contribution in [2.45, 2.75) is 26.3 Å². The van der Waals surface area contributed by atoms with Crippen LogP contribution < -0.4 is 5.73 Å². The summed E-state index contributed by atoms with van der Waals surface area (Å²) >= 11 is 0. The van der Waals surface area contributed by atoms with E-state index in [1.165, 1.54) is 12.4 Å². The van der Waals surface area contributed by atoms with Gasteiger partial charge in [-0.3, -0.25) is 4.79 Å². The zero-order valence-corrected chi connectivity index (χ0v) is 12.0. The van der Waals surface area contributed by atoms with Gasteiger partial charge in [-0.1, -0.05) is 32.0 Å². The van der Waals surface area contributed by atoms with Crippen molar-refractivity contribution in [3.63, 3.8) is 0 Å². The van der Waals surface area contributed by atoms with E-state index in [4.69, 9.17) is 11.1 Å². The van der Waals surface area contributed by atoms with Crippen LogP contribution in [0.4, 0.5) is 0 Å². The fourth-order valence-corrected chi connectivity index (χ4v) is 2.68. The number of carbonyl (C=O) groups is 1. The second-order valence-corrected chi connectivity index (χ2v) is 5.54. The lowest BCUT2D eigenvalue weighted by Gasteiger charge is -2.38. The normalized spacial score (nSPS) is 19.1. The minimum Gasteiger partial charge on any atom is -0.404 e. The summed E-state index contributed by atoms with van der Waals surface area (Å²) in [5, 5.41) is 7.51. The smallest absolute Gasteiger partial charge is 0.254 e. The molecule has 4 nitrogen and oxygen atoms in total. The topological polar surface area (TPSA) is 70.2 Å². The van der Waals surface area contributed by atoms with Crippen molar-refractivity contribution in [2.75, 3.05) is 6.54 Å². The Kier molecular flexibility index (Phi) is 4.23. The third-order valence-corrected chi connectivity index (χ3v) is 3.60. The van der Waals surface area contributed by atoms with Crippen LogP contribution in [-0.2, 0) is 6.42 Å². The van der Waals surface area contributed by atoms with Gasteiger partial charge in [-0.05, 0) is 24.0 Å². The molecule has 2 rings (SSSR count). The molecule has 1 heterocycles. The Morgan fingerprint density at radius 2 is 2.20 bits per heavy atom. The van der Waals surface area contributed by atoms with Crippen LogP contribution >= 0.6 is 0 Å². The Balaban J connectivity index is 2.45. The van der Waals surface area contributed by atoms with Gasteiger partial charge in [0.2, 0.25) is 0 Å². The van der Waals surface area contributed by atoms with Crippen LogP contribution in [-0.4, -0.2) is 29.6 Å². The maximum atomic E-state index is 12.7. The lowest BCUT2D eigenvalue weighted by Crippen LogP contribution is -2.48. The third kappa shape index (κ3) is 2.59. The number of rotatable bonds is 4. The number of benzene rings is 1. The molecule has 0 aliphatic carbocycles. The largest absolute Gasteiger partial charge is 0.404 e. The number of amides is 1. The van der Waals surface area contributed by atoms with E-state index < -0.39 is 0 Å². The molecule has 4 heteroatoms. The van der Waals surface area contributed by atoms with E-state index in [9.17, 15) is 4.79 Å². The summed E-state index contributed by atoms with van der Waals surface area (Å²) in [5.74, 6) is 0.406. The van der Waals surface area contributed by atoms with Gasteiger partial charge < -0.3 is 16.0 Å². The second kappa shape index (κ2) is 5.90. The lowest BCUT2D eigenvalue weighted by molar-refractivity contribution is 0.0660. The van der Waals surface area contributed by atoms with Crippen LogP contribution in [0.5, 0.6) is 0 Å². The third-order valence-electron chi connectivity index (χ3n) is 3.60. The summed E-state index contributed by atoms with van der Waals surface area (Å²) in [6, 6.07) is 7.54. The van der Waals surface area contributed by atoms with Crippen LogP contribution in [0.15, 0.2) is 36.0 Å². The average Bonchev–Trinajstić information content (AvgIpc) is 2.44. The number of nitrogens with zero attached hydrogens (tertiary/aromatic N) is 1. The Bertz CT molecular complexity index is 548. The van der Waals surface area contributed by atoms with E-state index in [2.05, 4.69) is 13.8 Å². The van der Waals surface area contributed by atoms with E-state index in [0.29, 0.717) is 24.5 Å². The van der Waals surface area contributed by atoms with Crippen molar-refractivity contribution in [2.24, 2.45) is 11.7 Å².